The lowest BCUT2D eigenvalue weighted by atomic mass is 10.2. The molecule has 6 nitrogen and oxygen atoms in total. The first-order chi connectivity index (χ1) is 13.2. The van der Waals surface area contributed by atoms with Crippen LogP contribution < -0.4 is 10.6 Å². The van der Waals surface area contributed by atoms with Gasteiger partial charge < -0.3 is 20.0 Å². The SMILES string of the molecule is CCC1CN(C(=NC)NCc2ccc(NC(=O)c3ccco3)cc2)CCS1.I. The van der Waals surface area contributed by atoms with E-state index in [1.165, 1.54) is 12.7 Å². The molecule has 2 N–H and O–H groups in total. The summed E-state index contributed by atoms with van der Waals surface area (Å²) in [6.45, 7) is 5.00. The molecule has 1 saturated heterocycles. The Bertz CT molecular complexity index is 765. The maximum Gasteiger partial charge on any atom is 0.291 e. The molecule has 1 unspecified atom stereocenters. The highest BCUT2D eigenvalue weighted by Crippen LogP contribution is 2.21. The van der Waals surface area contributed by atoms with Gasteiger partial charge in [-0.2, -0.15) is 11.8 Å². The summed E-state index contributed by atoms with van der Waals surface area (Å²) < 4.78 is 5.10. The molecule has 1 aliphatic rings. The second-order valence-electron chi connectivity index (χ2n) is 6.38. The molecule has 1 aromatic heterocycles. The third-order valence-electron chi connectivity index (χ3n) is 4.51. The van der Waals surface area contributed by atoms with Crippen LogP contribution in [-0.4, -0.2) is 47.9 Å². The van der Waals surface area contributed by atoms with Crippen molar-refractivity contribution in [3.8, 4) is 0 Å². The van der Waals surface area contributed by atoms with Crippen molar-refractivity contribution in [2.75, 3.05) is 31.2 Å². The summed E-state index contributed by atoms with van der Waals surface area (Å²) in [4.78, 5) is 18.8. The molecule has 1 atom stereocenters. The Labute approximate surface area is 187 Å². The van der Waals surface area contributed by atoms with E-state index in [2.05, 4.69) is 27.4 Å². The van der Waals surface area contributed by atoms with Gasteiger partial charge in [-0.05, 0) is 36.2 Å². The second-order valence-corrected chi connectivity index (χ2v) is 7.78. The summed E-state index contributed by atoms with van der Waals surface area (Å²) in [5.41, 5.74) is 1.87. The number of furan rings is 1. The molecular formula is C20H27IN4O2S. The average molecular weight is 514 g/mol. The minimum absolute atomic E-state index is 0. The number of thioether (sulfide) groups is 1. The summed E-state index contributed by atoms with van der Waals surface area (Å²) in [5, 5.41) is 6.95. The first-order valence-electron chi connectivity index (χ1n) is 9.20. The third-order valence-corrected chi connectivity index (χ3v) is 5.88. The number of nitrogens with zero attached hydrogens (tertiary/aromatic N) is 2. The van der Waals surface area contributed by atoms with Crippen molar-refractivity contribution in [1.82, 2.24) is 10.2 Å². The van der Waals surface area contributed by atoms with Gasteiger partial charge in [0.25, 0.3) is 5.91 Å². The van der Waals surface area contributed by atoms with Crippen LogP contribution in [0.2, 0.25) is 0 Å². The van der Waals surface area contributed by atoms with Crippen LogP contribution >= 0.6 is 35.7 Å². The van der Waals surface area contributed by atoms with Gasteiger partial charge in [0.1, 0.15) is 0 Å². The minimum atomic E-state index is -0.250. The molecule has 0 bridgehead atoms. The van der Waals surface area contributed by atoms with Crippen molar-refractivity contribution in [3.05, 3.63) is 54.0 Å². The number of nitrogens with one attached hydrogen (secondary N) is 2. The number of guanidine groups is 1. The van der Waals surface area contributed by atoms with Gasteiger partial charge in [0, 0.05) is 43.4 Å². The molecule has 8 heteroatoms. The Kier molecular flexibility index (Phi) is 9.17. The number of benzene rings is 1. The fourth-order valence-corrected chi connectivity index (χ4v) is 4.16. The first kappa shape index (κ1) is 22.6. The van der Waals surface area contributed by atoms with Gasteiger partial charge >= 0.3 is 0 Å². The van der Waals surface area contributed by atoms with Gasteiger partial charge in [-0.15, -0.1) is 24.0 Å². The number of carbonyl (C=O) groups is 1. The molecule has 28 heavy (non-hydrogen) atoms. The van der Waals surface area contributed by atoms with Gasteiger partial charge in [0.05, 0.1) is 6.26 Å². The molecule has 2 heterocycles. The Morgan fingerprint density at radius 2 is 2.11 bits per heavy atom. The van der Waals surface area contributed by atoms with Gasteiger partial charge in [-0.1, -0.05) is 19.1 Å². The summed E-state index contributed by atoms with van der Waals surface area (Å²) in [6.07, 6.45) is 2.67. The Hall–Kier alpha value is -1.68. The van der Waals surface area contributed by atoms with E-state index in [0.29, 0.717) is 17.6 Å². The van der Waals surface area contributed by atoms with Crippen molar-refractivity contribution in [2.45, 2.75) is 25.1 Å². The second kappa shape index (κ2) is 11.4. The number of amides is 1. The Morgan fingerprint density at radius 1 is 1.32 bits per heavy atom. The molecule has 1 aliphatic heterocycles. The van der Waals surface area contributed by atoms with Crippen molar-refractivity contribution in [2.24, 2.45) is 4.99 Å². The average Bonchev–Trinajstić information content (AvgIpc) is 3.25. The van der Waals surface area contributed by atoms with Crippen molar-refractivity contribution >= 4 is 53.3 Å². The quantitative estimate of drug-likeness (QED) is 0.358. The van der Waals surface area contributed by atoms with Crippen LogP contribution in [0.3, 0.4) is 0 Å². The summed E-state index contributed by atoms with van der Waals surface area (Å²) in [7, 11) is 1.83. The largest absolute Gasteiger partial charge is 0.459 e. The highest BCUT2D eigenvalue weighted by atomic mass is 127. The molecule has 3 rings (SSSR count). The molecule has 152 valence electrons. The molecule has 0 spiro atoms. The maximum atomic E-state index is 12.0. The van der Waals surface area contributed by atoms with Gasteiger partial charge in [-0.3, -0.25) is 9.79 Å². The van der Waals surface area contributed by atoms with Crippen LogP contribution in [0.4, 0.5) is 5.69 Å². The van der Waals surface area contributed by atoms with Gasteiger partial charge in [0.2, 0.25) is 0 Å². The fourth-order valence-electron chi connectivity index (χ4n) is 2.98. The normalized spacial score (nSPS) is 17.0. The number of rotatable bonds is 5. The van der Waals surface area contributed by atoms with E-state index in [1.54, 1.807) is 12.1 Å². The highest BCUT2D eigenvalue weighted by molar-refractivity contribution is 14.0. The number of carbonyl (C=O) groups excluding carboxylic acids is 1. The summed E-state index contributed by atoms with van der Waals surface area (Å²) >= 11 is 2.05. The van der Waals surface area contributed by atoms with Crippen LogP contribution in [0.25, 0.3) is 0 Å². The predicted molar refractivity (Wildman–Crippen MR) is 127 cm³/mol. The molecule has 0 aliphatic carbocycles. The highest BCUT2D eigenvalue weighted by Gasteiger charge is 2.21. The molecular weight excluding hydrogens is 487 g/mol. The van der Waals surface area contributed by atoms with Gasteiger partial charge in [-0.25, -0.2) is 0 Å². The Morgan fingerprint density at radius 3 is 2.75 bits per heavy atom. The summed E-state index contributed by atoms with van der Waals surface area (Å²) in [6, 6.07) is 11.1. The van der Waals surface area contributed by atoms with Crippen molar-refractivity contribution in [3.63, 3.8) is 0 Å². The van der Waals surface area contributed by atoms with E-state index >= 15 is 0 Å². The lowest BCUT2D eigenvalue weighted by Crippen LogP contribution is -2.47. The lowest BCUT2D eigenvalue weighted by molar-refractivity contribution is 0.0996. The van der Waals surface area contributed by atoms with Crippen molar-refractivity contribution in [1.29, 1.82) is 0 Å². The van der Waals surface area contributed by atoms with E-state index in [9.17, 15) is 4.79 Å². The monoisotopic (exact) mass is 514 g/mol. The van der Waals surface area contributed by atoms with Crippen LogP contribution in [0, 0.1) is 0 Å². The predicted octanol–water partition coefficient (Wildman–Crippen LogP) is 4.05. The first-order valence-corrected chi connectivity index (χ1v) is 10.3. The molecule has 0 radical (unpaired) electrons. The molecule has 1 aromatic carbocycles. The van der Waals surface area contributed by atoms with Crippen LogP contribution in [0.5, 0.6) is 0 Å². The number of halogens is 1. The topological polar surface area (TPSA) is 69.9 Å². The van der Waals surface area contributed by atoms with E-state index < -0.39 is 0 Å². The molecule has 1 fully saturated rings. The molecule has 1 amide bonds. The zero-order chi connectivity index (χ0) is 19.1. The Balaban J connectivity index is 0.00000280. The van der Waals surface area contributed by atoms with Crippen LogP contribution in [0.15, 0.2) is 52.1 Å². The lowest BCUT2D eigenvalue weighted by Gasteiger charge is -2.34. The number of hydrogen-bond donors (Lipinski definition) is 2. The molecule has 2 aromatic rings. The van der Waals surface area contributed by atoms with Crippen LogP contribution in [0.1, 0.15) is 29.5 Å². The third kappa shape index (κ3) is 6.16. The van der Waals surface area contributed by atoms with E-state index in [4.69, 9.17) is 4.42 Å². The smallest absolute Gasteiger partial charge is 0.291 e. The van der Waals surface area contributed by atoms with Gasteiger partial charge in [0.15, 0.2) is 11.7 Å². The number of aliphatic imine (C=N–C) groups is 1. The zero-order valence-corrected chi connectivity index (χ0v) is 19.3. The standard InChI is InChI=1S/C20H26N4O2S.HI/c1-3-17-14-24(10-12-27-17)20(21-2)22-13-15-6-8-16(9-7-15)23-19(25)18-5-4-11-26-18;/h4-9,11,17H,3,10,12-14H2,1-2H3,(H,21,22)(H,23,25);1H. The van der Waals surface area contributed by atoms with E-state index in [0.717, 1.165) is 36.1 Å². The molecule has 0 saturated carbocycles. The van der Waals surface area contributed by atoms with E-state index in [1.807, 2.05) is 43.1 Å². The maximum absolute atomic E-state index is 12.0. The number of hydrogen-bond acceptors (Lipinski definition) is 4. The van der Waals surface area contributed by atoms with E-state index in [-0.39, 0.29) is 29.9 Å². The zero-order valence-electron chi connectivity index (χ0n) is 16.2. The fraction of sp³-hybridized carbons (Fsp3) is 0.400. The number of anilines is 1. The van der Waals surface area contributed by atoms with Crippen LogP contribution in [-0.2, 0) is 6.54 Å². The minimum Gasteiger partial charge on any atom is -0.459 e. The summed E-state index contributed by atoms with van der Waals surface area (Å²) in [5.74, 6) is 2.14. The van der Waals surface area contributed by atoms with Crippen molar-refractivity contribution < 1.29 is 9.21 Å².